The van der Waals surface area contributed by atoms with Crippen molar-refractivity contribution in [2.75, 3.05) is 19.2 Å². The highest BCUT2D eigenvalue weighted by Crippen LogP contribution is 2.13. The normalized spacial score (nSPS) is 14.8. The number of para-hydroxylation sites is 1. The second-order valence-corrected chi connectivity index (χ2v) is 3.84. The van der Waals surface area contributed by atoms with Crippen molar-refractivity contribution in [1.82, 2.24) is 4.90 Å². The highest BCUT2D eigenvalue weighted by molar-refractivity contribution is 6.17. The maximum absolute atomic E-state index is 5.77. The third-order valence-electron chi connectivity index (χ3n) is 2.32. The Morgan fingerprint density at radius 3 is 2.81 bits per heavy atom. The van der Waals surface area contributed by atoms with Crippen LogP contribution >= 0.6 is 11.6 Å². The van der Waals surface area contributed by atoms with Gasteiger partial charge in [-0.3, -0.25) is 0 Å². The van der Waals surface area contributed by atoms with Crippen molar-refractivity contribution in [1.29, 1.82) is 0 Å². The molecule has 2 rings (SSSR count). The summed E-state index contributed by atoms with van der Waals surface area (Å²) < 4.78 is 5.65. The Balaban J connectivity index is 1.91. The van der Waals surface area contributed by atoms with E-state index < -0.39 is 0 Å². The number of benzene rings is 1. The van der Waals surface area contributed by atoms with E-state index in [1.54, 1.807) is 0 Å². The monoisotopic (exact) mass is 235 g/mol. The summed E-state index contributed by atoms with van der Waals surface area (Å²) >= 11 is 5.77. The van der Waals surface area contributed by atoms with E-state index in [2.05, 4.69) is 12.2 Å². The van der Waals surface area contributed by atoms with Gasteiger partial charge in [-0.1, -0.05) is 30.4 Å². The molecule has 1 aliphatic heterocycles. The molecule has 3 heteroatoms. The van der Waals surface area contributed by atoms with Crippen molar-refractivity contribution in [3.63, 3.8) is 0 Å². The molecule has 84 valence electrons. The minimum Gasteiger partial charge on any atom is -0.489 e. The van der Waals surface area contributed by atoms with Gasteiger partial charge in [-0.25, -0.2) is 0 Å². The first-order chi connectivity index (χ1) is 7.88. The van der Waals surface area contributed by atoms with Gasteiger partial charge in [0.25, 0.3) is 0 Å². The Morgan fingerprint density at radius 2 is 2.06 bits per heavy atom. The number of hydrogen-bond acceptors (Lipinski definition) is 2. The SMILES string of the molecule is ClCN1C=C(COc2ccccc2)C=CC1. The first-order valence-electron chi connectivity index (χ1n) is 5.23. The standard InChI is InChI=1S/C13H14ClNO/c14-11-15-8-4-5-12(9-15)10-16-13-6-2-1-3-7-13/h1-7,9H,8,10-11H2. The highest BCUT2D eigenvalue weighted by atomic mass is 35.5. The number of halogens is 1. The minimum atomic E-state index is 0.513. The van der Waals surface area contributed by atoms with Crippen LogP contribution < -0.4 is 4.74 Å². The molecule has 0 amide bonds. The summed E-state index contributed by atoms with van der Waals surface area (Å²) in [6.45, 7) is 1.45. The summed E-state index contributed by atoms with van der Waals surface area (Å²) in [6.07, 6.45) is 6.20. The molecule has 1 aromatic carbocycles. The quantitative estimate of drug-likeness (QED) is 0.588. The second-order valence-electron chi connectivity index (χ2n) is 3.60. The molecule has 16 heavy (non-hydrogen) atoms. The van der Waals surface area contributed by atoms with E-state index in [1.807, 2.05) is 41.4 Å². The van der Waals surface area contributed by atoms with E-state index in [1.165, 1.54) is 0 Å². The summed E-state index contributed by atoms with van der Waals surface area (Å²) in [5.41, 5.74) is 1.13. The van der Waals surface area contributed by atoms with E-state index in [-0.39, 0.29) is 0 Å². The predicted octanol–water partition coefficient (Wildman–Crippen LogP) is 3.02. The fourth-order valence-corrected chi connectivity index (χ4v) is 1.69. The van der Waals surface area contributed by atoms with E-state index in [9.17, 15) is 0 Å². The molecule has 1 heterocycles. The van der Waals surface area contributed by atoms with Gasteiger partial charge in [0, 0.05) is 18.3 Å². The number of nitrogens with zero attached hydrogens (tertiary/aromatic N) is 1. The third kappa shape index (κ3) is 3.04. The molecule has 0 atom stereocenters. The van der Waals surface area contributed by atoms with Crippen LogP contribution in [0.15, 0.2) is 54.3 Å². The molecule has 0 aromatic heterocycles. The van der Waals surface area contributed by atoms with Gasteiger partial charge in [-0.05, 0) is 12.1 Å². The fraction of sp³-hybridized carbons (Fsp3) is 0.231. The van der Waals surface area contributed by atoms with Crippen molar-refractivity contribution in [2.45, 2.75) is 0 Å². The van der Waals surface area contributed by atoms with Gasteiger partial charge in [-0.15, -0.1) is 11.6 Å². The van der Waals surface area contributed by atoms with Crippen molar-refractivity contribution in [3.8, 4) is 5.75 Å². The smallest absolute Gasteiger partial charge is 0.119 e. The Bertz CT molecular complexity index is 386. The van der Waals surface area contributed by atoms with Crippen LogP contribution in [0, 0.1) is 0 Å². The first kappa shape index (κ1) is 11.1. The van der Waals surface area contributed by atoms with Crippen molar-refractivity contribution >= 4 is 11.6 Å². The zero-order valence-electron chi connectivity index (χ0n) is 8.97. The molecule has 0 fully saturated rings. The van der Waals surface area contributed by atoms with Crippen LogP contribution in [-0.2, 0) is 0 Å². The number of rotatable bonds is 4. The topological polar surface area (TPSA) is 12.5 Å². The zero-order chi connectivity index (χ0) is 11.2. The Morgan fingerprint density at radius 1 is 1.25 bits per heavy atom. The Hall–Kier alpha value is -1.41. The van der Waals surface area contributed by atoms with E-state index in [0.717, 1.165) is 17.9 Å². The number of alkyl halides is 1. The predicted molar refractivity (Wildman–Crippen MR) is 66.6 cm³/mol. The van der Waals surface area contributed by atoms with Gasteiger partial charge in [0.1, 0.15) is 12.4 Å². The average molecular weight is 236 g/mol. The molecule has 0 bridgehead atoms. The van der Waals surface area contributed by atoms with Crippen molar-refractivity contribution < 1.29 is 4.74 Å². The van der Waals surface area contributed by atoms with E-state index in [4.69, 9.17) is 16.3 Å². The van der Waals surface area contributed by atoms with Crippen LogP contribution in [0.1, 0.15) is 0 Å². The largest absolute Gasteiger partial charge is 0.489 e. The Labute approximate surface area is 101 Å². The Kier molecular flexibility index (Phi) is 3.89. The van der Waals surface area contributed by atoms with E-state index in [0.29, 0.717) is 12.6 Å². The molecule has 1 aromatic rings. The molecule has 0 saturated heterocycles. The minimum absolute atomic E-state index is 0.513. The van der Waals surface area contributed by atoms with Crippen LogP contribution in [0.2, 0.25) is 0 Å². The maximum atomic E-state index is 5.77. The molecular formula is C13H14ClNO. The maximum Gasteiger partial charge on any atom is 0.119 e. The van der Waals surface area contributed by atoms with Crippen LogP contribution in [0.5, 0.6) is 5.75 Å². The molecule has 0 N–H and O–H groups in total. The molecule has 2 nitrogen and oxygen atoms in total. The molecule has 0 unspecified atom stereocenters. The van der Waals surface area contributed by atoms with Gasteiger partial charge in [0.2, 0.25) is 0 Å². The summed E-state index contributed by atoms with van der Waals surface area (Å²) in [6, 6.07) is 10.3. The van der Waals surface area contributed by atoms with Crippen LogP contribution in [0.3, 0.4) is 0 Å². The summed E-state index contributed by atoms with van der Waals surface area (Å²) in [4.78, 5) is 2.03. The molecule has 1 aliphatic rings. The molecular weight excluding hydrogens is 222 g/mol. The lowest BCUT2D eigenvalue weighted by Gasteiger charge is -2.20. The second kappa shape index (κ2) is 5.61. The van der Waals surface area contributed by atoms with Crippen molar-refractivity contribution in [2.24, 2.45) is 0 Å². The zero-order valence-corrected chi connectivity index (χ0v) is 9.73. The molecule has 0 spiro atoms. The van der Waals surface area contributed by atoms with Crippen LogP contribution in [0.4, 0.5) is 0 Å². The average Bonchev–Trinajstić information content (AvgIpc) is 2.38. The molecule has 0 saturated carbocycles. The lowest BCUT2D eigenvalue weighted by atomic mass is 10.2. The van der Waals surface area contributed by atoms with Crippen LogP contribution in [0.25, 0.3) is 0 Å². The lowest BCUT2D eigenvalue weighted by molar-refractivity contribution is 0.348. The van der Waals surface area contributed by atoms with Gasteiger partial charge in [0.15, 0.2) is 0 Å². The highest BCUT2D eigenvalue weighted by Gasteiger charge is 2.04. The summed E-state index contributed by atoms with van der Waals surface area (Å²) in [5.74, 6) is 0.889. The number of hydrogen-bond donors (Lipinski definition) is 0. The third-order valence-corrected chi connectivity index (χ3v) is 2.63. The first-order valence-corrected chi connectivity index (χ1v) is 5.77. The summed E-state index contributed by atoms with van der Waals surface area (Å²) in [5, 5.41) is 0. The van der Waals surface area contributed by atoms with Gasteiger partial charge < -0.3 is 9.64 Å². The van der Waals surface area contributed by atoms with Gasteiger partial charge in [0.05, 0.1) is 6.00 Å². The fourth-order valence-electron chi connectivity index (χ4n) is 1.52. The molecule has 0 radical (unpaired) electrons. The van der Waals surface area contributed by atoms with E-state index >= 15 is 0 Å². The number of ether oxygens (including phenoxy) is 1. The van der Waals surface area contributed by atoms with Gasteiger partial charge in [-0.2, -0.15) is 0 Å². The van der Waals surface area contributed by atoms with Crippen molar-refractivity contribution in [3.05, 3.63) is 54.3 Å². The summed E-state index contributed by atoms with van der Waals surface area (Å²) in [7, 11) is 0. The lowest BCUT2D eigenvalue weighted by Crippen LogP contribution is -2.19. The van der Waals surface area contributed by atoms with Gasteiger partial charge >= 0.3 is 0 Å². The van der Waals surface area contributed by atoms with Crippen LogP contribution in [-0.4, -0.2) is 24.1 Å². The molecule has 0 aliphatic carbocycles.